The predicted octanol–water partition coefficient (Wildman–Crippen LogP) is 3.45. The maximum Gasteiger partial charge on any atom is 0.269 e. The van der Waals surface area contributed by atoms with Crippen molar-refractivity contribution in [3.8, 4) is 0 Å². The molecule has 1 amide bonds. The molecule has 0 aliphatic rings. The average molecular weight is 369 g/mol. The molecule has 2 heterocycles. The molecule has 8 heteroatoms. The highest BCUT2D eigenvalue weighted by Crippen LogP contribution is 2.19. The molecule has 0 atom stereocenters. The zero-order valence-corrected chi connectivity index (χ0v) is 14.8. The molecule has 0 aliphatic heterocycles. The largest absolute Gasteiger partial charge is 0.468 e. The minimum atomic E-state index is -0.472. The van der Waals surface area contributed by atoms with Gasteiger partial charge in [0, 0.05) is 24.9 Å². The van der Waals surface area contributed by atoms with Crippen LogP contribution < -0.4 is 4.90 Å². The quantitative estimate of drug-likeness (QED) is 0.446. The molecule has 0 aliphatic carbocycles. The van der Waals surface area contributed by atoms with E-state index in [2.05, 4.69) is 0 Å². The molecule has 0 fully saturated rings. The second-order valence-electron chi connectivity index (χ2n) is 6.03. The van der Waals surface area contributed by atoms with Gasteiger partial charge >= 0.3 is 0 Å². The van der Waals surface area contributed by atoms with Gasteiger partial charge in [0.25, 0.3) is 5.69 Å². The van der Waals surface area contributed by atoms with E-state index in [0.717, 1.165) is 11.5 Å². The Labute approximate surface area is 155 Å². The molecule has 2 aromatic heterocycles. The molecule has 8 nitrogen and oxygen atoms in total. The van der Waals surface area contributed by atoms with Crippen molar-refractivity contribution in [3.63, 3.8) is 0 Å². The second-order valence-corrected chi connectivity index (χ2v) is 6.03. The fourth-order valence-corrected chi connectivity index (χ4v) is 2.65. The number of furan rings is 2. The third-order valence-corrected chi connectivity index (χ3v) is 4.10. The zero-order chi connectivity index (χ0) is 19.2. The molecule has 1 aromatic carbocycles. The molecule has 27 heavy (non-hydrogen) atoms. The van der Waals surface area contributed by atoms with Gasteiger partial charge in [-0.05, 0) is 36.4 Å². The topological polar surface area (TPSA) is 93.0 Å². The Kier molecular flexibility index (Phi) is 5.68. The fraction of sp³-hybridized carbons (Fsp3) is 0.211. The third-order valence-electron chi connectivity index (χ3n) is 4.10. The summed E-state index contributed by atoms with van der Waals surface area (Å²) in [4.78, 5) is 26.4. The van der Waals surface area contributed by atoms with Gasteiger partial charge in [0.2, 0.25) is 5.91 Å². The summed E-state index contributed by atoms with van der Waals surface area (Å²) >= 11 is 0. The van der Waals surface area contributed by atoms with E-state index >= 15 is 0 Å². The summed E-state index contributed by atoms with van der Waals surface area (Å²) in [5.74, 6) is 1.33. The highest BCUT2D eigenvalue weighted by atomic mass is 16.6. The van der Waals surface area contributed by atoms with Crippen LogP contribution in [0.1, 0.15) is 11.5 Å². The van der Waals surface area contributed by atoms with Crippen molar-refractivity contribution in [2.75, 3.05) is 18.5 Å². The number of hydrogen-bond donors (Lipinski definition) is 0. The number of nitro groups is 1. The predicted molar refractivity (Wildman–Crippen MR) is 98.0 cm³/mol. The van der Waals surface area contributed by atoms with E-state index in [0.29, 0.717) is 18.8 Å². The first-order chi connectivity index (χ1) is 13.0. The molecule has 0 N–H and O–H groups in total. The number of amides is 1. The number of non-ortho nitro benzene ring substituents is 1. The first-order valence-electron chi connectivity index (χ1n) is 8.31. The van der Waals surface area contributed by atoms with Gasteiger partial charge in [0.1, 0.15) is 11.5 Å². The van der Waals surface area contributed by atoms with Crippen LogP contribution in [-0.2, 0) is 17.9 Å². The number of carbonyl (C=O) groups is 1. The van der Waals surface area contributed by atoms with Crippen molar-refractivity contribution >= 4 is 17.3 Å². The van der Waals surface area contributed by atoms with Gasteiger partial charge in [-0.2, -0.15) is 0 Å². The first kappa shape index (κ1) is 18.4. The fourth-order valence-electron chi connectivity index (χ4n) is 2.65. The number of anilines is 1. The first-order valence-corrected chi connectivity index (χ1v) is 8.31. The Hall–Kier alpha value is -3.39. The molecule has 0 radical (unpaired) electrons. The van der Waals surface area contributed by atoms with Crippen molar-refractivity contribution in [3.05, 3.63) is 82.7 Å². The number of hydrogen-bond acceptors (Lipinski definition) is 6. The summed E-state index contributed by atoms with van der Waals surface area (Å²) in [7, 11) is 1.64. The molecular formula is C19H19N3O5. The van der Waals surface area contributed by atoms with Crippen LogP contribution >= 0.6 is 0 Å². The number of rotatable bonds is 8. The van der Waals surface area contributed by atoms with Crippen LogP contribution in [0.25, 0.3) is 0 Å². The van der Waals surface area contributed by atoms with Crippen molar-refractivity contribution in [1.82, 2.24) is 4.90 Å². The van der Waals surface area contributed by atoms with E-state index in [4.69, 9.17) is 8.83 Å². The maximum atomic E-state index is 12.7. The van der Waals surface area contributed by atoms with Gasteiger partial charge in [-0.15, -0.1) is 0 Å². The number of carbonyl (C=O) groups excluding carboxylic acids is 1. The lowest BCUT2D eigenvalue weighted by Gasteiger charge is -2.24. The molecule has 0 unspecified atom stereocenters. The Morgan fingerprint density at radius 2 is 1.56 bits per heavy atom. The SMILES string of the molecule is CN(C(=O)CN(Cc1ccco1)Cc1ccco1)c1ccc([N+](=O)[O-])cc1. The van der Waals surface area contributed by atoms with E-state index in [-0.39, 0.29) is 18.1 Å². The molecule has 0 spiro atoms. The van der Waals surface area contributed by atoms with Crippen LogP contribution in [0.3, 0.4) is 0 Å². The van der Waals surface area contributed by atoms with Crippen molar-refractivity contribution in [2.24, 2.45) is 0 Å². The van der Waals surface area contributed by atoms with E-state index < -0.39 is 4.92 Å². The van der Waals surface area contributed by atoms with E-state index in [9.17, 15) is 14.9 Å². The second kappa shape index (κ2) is 8.33. The van der Waals surface area contributed by atoms with Crippen LogP contribution in [0, 0.1) is 10.1 Å². The smallest absolute Gasteiger partial charge is 0.269 e. The molecule has 3 rings (SSSR count). The lowest BCUT2D eigenvalue weighted by Crippen LogP contribution is -2.37. The number of nitro benzene ring substituents is 1. The Morgan fingerprint density at radius 1 is 1.00 bits per heavy atom. The minimum absolute atomic E-state index is 0.0168. The molecular weight excluding hydrogens is 350 g/mol. The van der Waals surface area contributed by atoms with Crippen molar-refractivity contribution in [1.29, 1.82) is 0 Å². The summed E-state index contributed by atoms with van der Waals surface area (Å²) in [6, 6.07) is 13.2. The van der Waals surface area contributed by atoms with Crippen molar-refractivity contribution in [2.45, 2.75) is 13.1 Å². The number of likely N-dealkylation sites (N-methyl/N-ethyl adjacent to an activating group) is 1. The summed E-state index contributed by atoms with van der Waals surface area (Å²) in [5, 5.41) is 10.8. The van der Waals surface area contributed by atoms with Gasteiger partial charge in [-0.1, -0.05) is 0 Å². The summed E-state index contributed by atoms with van der Waals surface area (Å²) in [6.45, 7) is 1.04. The number of benzene rings is 1. The monoisotopic (exact) mass is 369 g/mol. The molecule has 0 saturated heterocycles. The number of nitrogens with zero attached hydrogens (tertiary/aromatic N) is 3. The molecule has 3 aromatic rings. The van der Waals surface area contributed by atoms with Gasteiger partial charge in [-0.25, -0.2) is 0 Å². The Morgan fingerprint density at radius 3 is 2.00 bits per heavy atom. The summed E-state index contributed by atoms with van der Waals surface area (Å²) < 4.78 is 10.8. The van der Waals surface area contributed by atoms with Gasteiger partial charge in [-0.3, -0.25) is 19.8 Å². The summed E-state index contributed by atoms with van der Waals surface area (Å²) in [6.07, 6.45) is 3.18. The van der Waals surface area contributed by atoms with E-state index in [1.807, 2.05) is 17.0 Å². The molecule has 140 valence electrons. The highest BCUT2D eigenvalue weighted by molar-refractivity contribution is 5.94. The van der Waals surface area contributed by atoms with Crippen LogP contribution in [0.4, 0.5) is 11.4 Å². The average Bonchev–Trinajstić information content (AvgIpc) is 3.35. The third kappa shape index (κ3) is 4.83. The lowest BCUT2D eigenvalue weighted by atomic mass is 10.2. The van der Waals surface area contributed by atoms with Crippen LogP contribution in [0.15, 0.2) is 69.9 Å². The molecule has 0 bridgehead atoms. The van der Waals surface area contributed by atoms with E-state index in [1.165, 1.54) is 17.0 Å². The highest BCUT2D eigenvalue weighted by Gasteiger charge is 2.19. The van der Waals surface area contributed by atoms with Crippen LogP contribution in [0.2, 0.25) is 0 Å². The summed E-state index contributed by atoms with van der Waals surface area (Å²) in [5.41, 5.74) is 0.568. The minimum Gasteiger partial charge on any atom is -0.468 e. The van der Waals surface area contributed by atoms with Gasteiger partial charge in [0.15, 0.2) is 0 Å². The Balaban J connectivity index is 1.69. The van der Waals surface area contributed by atoms with E-state index in [1.54, 1.807) is 43.8 Å². The zero-order valence-electron chi connectivity index (χ0n) is 14.8. The van der Waals surface area contributed by atoms with Crippen LogP contribution in [0.5, 0.6) is 0 Å². The van der Waals surface area contributed by atoms with Gasteiger partial charge in [0.05, 0.1) is 37.1 Å². The van der Waals surface area contributed by atoms with Gasteiger partial charge < -0.3 is 13.7 Å². The Bertz CT molecular complexity index is 836. The normalized spacial score (nSPS) is 10.9. The standard InChI is InChI=1S/C19H19N3O5/c1-20(15-6-8-16(9-7-15)22(24)25)19(23)14-21(12-17-4-2-10-26-17)13-18-5-3-11-27-18/h2-11H,12-14H2,1H3. The maximum absolute atomic E-state index is 12.7. The van der Waals surface area contributed by atoms with Crippen LogP contribution in [-0.4, -0.2) is 29.3 Å². The van der Waals surface area contributed by atoms with Crippen molar-refractivity contribution < 1.29 is 18.6 Å². The molecule has 0 saturated carbocycles. The lowest BCUT2D eigenvalue weighted by molar-refractivity contribution is -0.384.